The summed E-state index contributed by atoms with van der Waals surface area (Å²) >= 11 is 0. The minimum absolute atomic E-state index is 0.926. The van der Waals surface area contributed by atoms with Gasteiger partial charge in [0.15, 0.2) is 0 Å². The highest BCUT2D eigenvalue weighted by molar-refractivity contribution is 6.24. The number of benzene rings is 10. The van der Waals surface area contributed by atoms with Gasteiger partial charge in [0.05, 0.1) is 11.0 Å². The van der Waals surface area contributed by atoms with Crippen LogP contribution < -0.4 is 0 Å². The first kappa shape index (κ1) is 34.4. The number of imidazole rings is 1. The molecule has 276 valence electrons. The number of hydrogen-bond donors (Lipinski definition) is 0. The third kappa shape index (κ3) is 6.02. The quantitative estimate of drug-likeness (QED) is 0.148. The van der Waals surface area contributed by atoms with Gasteiger partial charge in [0.2, 0.25) is 0 Å². The van der Waals surface area contributed by atoms with Gasteiger partial charge in [0, 0.05) is 11.3 Å². The van der Waals surface area contributed by atoms with Crippen molar-refractivity contribution in [1.82, 2.24) is 9.55 Å². The lowest BCUT2D eigenvalue weighted by Gasteiger charge is -2.22. The zero-order valence-corrected chi connectivity index (χ0v) is 32.3. The van der Waals surface area contributed by atoms with Crippen LogP contribution in [0.1, 0.15) is 0 Å². The smallest absolute Gasteiger partial charge is 0.145 e. The van der Waals surface area contributed by atoms with Gasteiger partial charge in [-0.25, -0.2) is 4.98 Å². The van der Waals surface area contributed by atoms with Gasteiger partial charge in [-0.15, -0.1) is 0 Å². The van der Waals surface area contributed by atoms with Gasteiger partial charge in [0.25, 0.3) is 0 Å². The van der Waals surface area contributed by atoms with E-state index in [4.69, 9.17) is 4.98 Å². The van der Waals surface area contributed by atoms with Crippen LogP contribution in [0.2, 0.25) is 0 Å². The van der Waals surface area contributed by atoms with Crippen molar-refractivity contribution < 1.29 is 0 Å². The molecule has 11 aromatic rings. The van der Waals surface area contributed by atoms with Crippen molar-refractivity contribution in [3.63, 3.8) is 0 Å². The Morgan fingerprint density at radius 2 is 0.729 bits per heavy atom. The van der Waals surface area contributed by atoms with Crippen LogP contribution in [0.5, 0.6) is 0 Å². The van der Waals surface area contributed by atoms with E-state index >= 15 is 0 Å². The molecular weight excluding hydrogens is 713 g/mol. The predicted octanol–water partition coefficient (Wildman–Crippen LogP) is 15.3. The monoisotopic (exact) mass is 750 g/mol. The van der Waals surface area contributed by atoms with Gasteiger partial charge in [-0.05, 0) is 108 Å². The lowest BCUT2D eigenvalue weighted by molar-refractivity contribution is 1.10. The molecule has 10 aromatic carbocycles. The van der Waals surface area contributed by atoms with Gasteiger partial charge in [0.1, 0.15) is 5.82 Å². The maximum Gasteiger partial charge on any atom is 0.145 e. The van der Waals surface area contributed by atoms with E-state index in [0.717, 1.165) is 39.2 Å². The molecule has 0 bridgehead atoms. The first-order chi connectivity index (χ1) is 29.3. The second-order valence-electron chi connectivity index (χ2n) is 15.1. The fraction of sp³-hybridized carbons (Fsp3) is 0. The number of fused-ring (bicyclic) bond motifs is 3. The molecule has 0 aliphatic rings. The molecule has 59 heavy (non-hydrogen) atoms. The molecule has 11 rings (SSSR count). The molecule has 0 aliphatic carbocycles. The van der Waals surface area contributed by atoms with Crippen LogP contribution in [-0.4, -0.2) is 9.55 Å². The minimum Gasteiger partial charge on any atom is -0.292 e. The van der Waals surface area contributed by atoms with Crippen molar-refractivity contribution in [3.05, 3.63) is 231 Å². The van der Waals surface area contributed by atoms with Crippen molar-refractivity contribution in [2.24, 2.45) is 0 Å². The summed E-state index contributed by atoms with van der Waals surface area (Å²) in [6.45, 7) is 0. The highest BCUT2D eigenvalue weighted by Crippen LogP contribution is 2.48. The molecule has 0 fully saturated rings. The third-order valence-electron chi connectivity index (χ3n) is 11.6. The summed E-state index contributed by atoms with van der Waals surface area (Å²) in [5.74, 6) is 0.926. The van der Waals surface area contributed by atoms with Crippen molar-refractivity contribution in [3.8, 4) is 72.7 Å². The summed E-state index contributed by atoms with van der Waals surface area (Å²) < 4.78 is 2.26. The standard InChI is InChI=1S/C57H38N2/c1-4-18-40(19-5-1)45-24-10-12-26-47(45)55-49-28-14-15-29-50(49)56(48-27-13-11-25-46(48)41-20-6-2-7-21-41)52-38-43(36-37-51(52)55)39-32-34-42(35-33-39)57-58-53-30-16-17-31-54(53)59(57)44-22-8-3-9-23-44/h1-38H. The molecule has 0 atom stereocenters. The van der Waals surface area contributed by atoms with E-state index in [2.05, 4.69) is 235 Å². The number of aromatic nitrogens is 2. The van der Waals surface area contributed by atoms with Crippen molar-refractivity contribution in [2.45, 2.75) is 0 Å². The average molecular weight is 751 g/mol. The Bertz CT molecular complexity index is 3290. The minimum atomic E-state index is 0.926. The third-order valence-corrected chi connectivity index (χ3v) is 11.6. The maximum absolute atomic E-state index is 5.14. The average Bonchev–Trinajstić information content (AvgIpc) is 3.71. The van der Waals surface area contributed by atoms with Crippen molar-refractivity contribution >= 4 is 32.6 Å². The lowest BCUT2D eigenvalue weighted by Crippen LogP contribution is -1.97. The van der Waals surface area contributed by atoms with E-state index in [9.17, 15) is 0 Å². The lowest BCUT2D eigenvalue weighted by atomic mass is 9.81. The van der Waals surface area contributed by atoms with Gasteiger partial charge >= 0.3 is 0 Å². The summed E-state index contributed by atoms with van der Waals surface area (Å²) in [4.78, 5) is 5.14. The second-order valence-corrected chi connectivity index (χ2v) is 15.1. The van der Waals surface area contributed by atoms with E-state index in [1.807, 2.05) is 0 Å². The van der Waals surface area contributed by atoms with Crippen LogP contribution in [0.15, 0.2) is 231 Å². The molecule has 2 nitrogen and oxygen atoms in total. The van der Waals surface area contributed by atoms with Gasteiger partial charge in [-0.1, -0.05) is 200 Å². The van der Waals surface area contributed by atoms with Gasteiger partial charge in [-0.2, -0.15) is 0 Å². The number of nitrogens with zero attached hydrogens (tertiary/aromatic N) is 2. The molecule has 0 aliphatic heterocycles. The Morgan fingerprint density at radius 1 is 0.288 bits per heavy atom. The SMILES string of the molecule is c1ccc(-c2ccccc2-c2c3ccccc3c(-c3ccccc3-c3ccccc3)c3cc(-c4ccc(-c5nc6ccccc6n5-c5ccccc5)cc4)ccc23)cc1. The summed E-state index contributed by atoms with van der Waals surface area (Å²) in [6, 6.07) is 83.1. The van der Waals surface area contributed by atoms with E-state index in [0.29, 0.717) is 0 Å². The molecule has 2 heteroatoms. The second kappa shape index (κ2) is 14.6. The van der Waals surface area contributed by atoms with Crippen molar-refractivity contribution in [1.29, 1.82) is 0 Å². The Kier molecular flexibility index (Phi) is 8.52. The molecule has 0 unspecified atom stereocenters. The normalized spacial score (nSPS) is 11.4. The number of hydrogen-bond acceptors (Lipinski definition) is 1. The summed E-state index contributed by atoms with van der Waals surface area (Å²) in [5.41, 5.74) is 16.3. The fourth-order valence-corrected chi connectivity index (χ4v) is 8.95. The zero-order chi connectivity index (χ0) is 39.1. The van der Waals surface area contributed by atoms with Crippen molar-refractivity contribution in [2.75, 3.05) is 0 Å². The molecule has 0 amide bonds. The Hall–Kier alpha value is -7.81. The molecule has 1 heterocycles. The van der Waals surface area contributed by atoms with Crippen LogP contribution in [-0.2, 0) is 0 Å². The molecule has 1 aromatic heterocycles. The molecule has 0 N–H and O–H groups in total. The summed E-state index contributed by atoms with van der Waals surface area (Å²) in [5, 5.41) is 4.91. The van der Waals surface area contributed by atoms with E-state index in [1.165, 1.54) is 66.1 Å². The first-order valence-corrected chi connectivity index (χ1v) is 20.2. The fourth-order valence-electron chi connectivity index (χ4n) is 8.95. The first-order valence-electron chi connectivity index (χ1n) is 20.2. The Labute approximate surface area is 344 Å². The van der Waals surface area contributed by atoms with Crippen LogP contribution in [0, 0.1) is 0 Å². The predicted molar refractivity (Wildman–Crippen MR) is 249 cm³/mol. The molecule has 0 radical (unpaired) electrons. The van der Waals surface area contributed by atoms with E-state index < -0.39 is 0 Å². The Balaban J connectivity index is 1.15. The highest BCUT2D eigenvalue weighted by Gasteiger charge is 2.21. The van der Waals surface area contributed by atoms with E-state index in [1.54, 1.807) is 0 Å². The molecular formula is C57H38N2. The van der Waals surface area contributed by atoms with Gasteiger partial charge in [-0.3, -0.25) is 4.57 Å². The molecule has 0 saturated heterocycles. The highest BCUT2D eigenvalue weighted by atomic mass is 15.1. The maximum atomic E-state index is 5.14. The zero-order valence-electron chi connectivity index (χ0n) is 32.3. The van der Waals surface area contributed by atoms with Crippen LogP contribution in [0.25, 0.3) is 105 Å². The summed E-state index contributed by atoms with van der Waals surface area (Å²) in [6.07, 6.45) is 0. The van der Waals surface area contributed by atoms with Crippen LogP contribution in [0.3, 0.4) is 0 Å². The van der Waals surface area contributed by atoms with Gasteiger partial charge < -0.3 is 0 Å². The molecule has 0 spiro atoms. The Morgan fingerprint density at radius 3 is 1.34 bits per heavy atom. The van der Waals surface area contributed by atoms with Crippen LogP contribution >= 0.6 is 0 Å². The summed E-state index contributed by atoms with van der Waals surface area (Å²) in [7, 11) is 0. The topological polar surface area (TPSA) is 17.8 Å². The number of rotatable bonds is 7. The van der Waals surface area contributed by atoms with Crippen LogP contribution in [0.4, 0.5) is 0 Å². The number of para-hydroxylation sites is 3. The molecule has 0 saturated carbocycles. The van der Waals surface area contributed by atoms with E-state index in [-0.39, 0.29) is 0 Å². The largest absolute Gasteiger partial charge is 0.292 e.